The topological polar surface area (TPSA) is 69.6 Å². The van der Waals surface area contributed by atoms with E-state index in [0.29, 0.717) is 6.42 Å². The molecule has 2 unspecified atom stereocenters. The summed E-state index contributed by atoms with van der Waals surface area (Å²) in [6.07, 6.45) is 64.3. The molecule has 2 atom stereocenters. The zero-order valence-electron chi connectivity index (χ0n) is 34.8. The summed E-state index contributed by atoms with van der Waals surface area (Å²) in [5, 5.41) is 22.9. The second-order valence-electron chi connectivity index (χ2n) is 14.7. The molecule has 0 heterocycles. The molecule has 0 spiro atoms. The van der Waals surface area contributed by atoms with Crippen LogP contribution in [0.25, 0.3) is 0 Å². The van der Waals surface area contributed by atoms with Gasteiger partial charge in [0, 0.05) is 6.42 Å². The fourth-order valence-corrected chi connectivity index (χ4v) is 6.27. The standard InChI is InChI=1S/C49H85NO3/c1-3-5-7-9-11-13-15-16-17-18-19-20-21-22-23-24-25-26-27-28-29-30-31-32-33-34-35-37-39-41-43-45-49(53)50-47(46-51)48(52)44-42-40-38-36-14-12-10-8-6-4-2/h5-8,11,13-14,16-17,19-20,36,42,44,47-48,51-52H,3-4,9-10,12,15,18,21-35,37-41,43,45-46H2,1-2H3,(H,50,53)/b7-5-,8-6+,13-11-,17-16-,20-19-,36-14+,44-42+. The van der Waals surface area contributed by atoms with Crippen LogP contribution in [0.2, 0.25) is 0 Å². The predicted octanol–water partition coefficient (Wildman–Crippen LogP) is 14.1. The Kier molecular flexibility index (Phi) is 42.0. The van der Waals surface area contributed by atoms with Crippen molar-refractivity contribution in [1.82, 2.24) is 5.32 Å². The molecule has 3 N–H and O–H groups in total. The van der Waals surface area contributed by atoms with Crippen molar-refractivity contribution in [1.29, 1.82) is 0 Å². The first-order valence-corrected chi connectivity index (χ1v) is 22.3. The Balaban J connectivity index is 3.49. The van der Waals surface area contributed by atoms with Crippen LogP contribution in [-0.4, -0.2) is 34.9 Å². The van der Waals surface area contributed by atoms with E-state index in [-0.39, 0.29) is 12.5 Å². The molecule has 0 saturated carbocycles. The molecule has 4 nitrogen and oxygen atoms in total. The number of carbonyl (C=O) groups is 1. The summed E-state index contributed by atoms with van der Waals surface area (Å²) in [5.41, 5.74) is 0. The fraction of sp³-hybridized carbons (Fsp3) is 0.694. The summed E-state index contributed by atoms with van der Waals surface area (Å²) in [5.74, 6) is -0.0826. The zero-order chi connectivity index (χ0) is 38.6. The van der Waals surface area contributed by atoms with Crippen molar-refractivity contribution in [2.24, 2.45) is 0 Å². The molecule has 0 aliphatic carbocycles. The van der Waals surface area contributed by atoms with E-state index in [1.807, 2.05) is 6.08 Å². The minimum atomic E-state index is -0.870. The highest BCUT2D eigenvalue weighted by atomic mass is 16.3. The van der Waals surface area contributed by atoms with Crippen LogP contribution in [0.15, 0.2) is 85.1 Å². The summed E-state index contributed by atoms with van der Waals surface area (Å²) >= 11 is 0. The summed E-state index contributed by atoms with van der Waals surface area (Å²) in [6, 6.07) is -0.646. The summed E-state index contributed by atoms with van der Waals surface area (Å²) in [7, 11) is 0. The van der Waals surface area contributed by atoms with Gasteiger partial charge in [0.1, 0.15) is 0 Å². The van der Waals surface area contributed by atoms with Crippen molar-refractivity contribution in [3.63, 3.8) is 0 Å². The number of hydrogen-bond donors (Lipinski definition) is 3. The van der Waals surface area contributed by atoms with Gasteiger partial charge in [-0.25, -0.2) is 0 Å². The van der Waals surface area contributed by atoms with E-state index in [9.17, 15) is 15.0 Å². The molecule has 0 aromatic carbocycles. The average molecular weight is 736 g/mol. The summed E-state index contributed by atoms with van der Waals surface area (Å²) in [6.45, 7) is 4.05. The molecule has 0 bridgehead atoms. The van der Waals surface area contributed by atoms with E-state index in [1.165, 1.54) is 109 Å². The molecule has 0 aliphatic rings. The molecule has 0 fully saturated rings. The number of hydrogen-bond acceptors (Lipinski definition) is 3. The highest BCUT2D eigenvalue weighted by molar-refractivity contribution is 5.76. The predicted molar refractivity (Wildman–Crippen MR) is 234 cm³/mol. The van der Waals surface area contributed by atoms with Crippen molar-refractivity contribution in [2.75, 3.05) is 6.61 Å². The van der Waals surface area contributed by atoms with Gasteiger partial charge in [0.25, 0.3) is 0 Å². The van der Waals surface area contributed by atoms with E-state index in [2.05, 4.69) is 92.1 Å². The van der Waals surface area contributed by atoms with Gasteiger partial charge in [0.2, 0.25) is 5.91 Å². The van der Waals surface area contributed by atoms with Gasteiger partial charge in [-0.2, -0.15) is 0 Å². The Morgan fingerprint density at radius 3 is 1.25 bits per heavy atom. The van der Waals surface area contributed by atoms with Gasteiger partial charge in [-0.1, -0.05) is 202 Å². The number of aliphatic hydroxyl groups excluding tert-OH is 2. The summed E-state index contributed by atoms with van der Waals surface area (Å²) < 4.78 is 0. The first kappa shape index (κ1) is 50.6. The van der Waals surface area contributed by atoms with Gasteiger partial charge in [0.15, 0.2) is 0 Å². The molecule has 0 aromatic heterocycles. The highest BCUT2D eigenvalue weighted by Crippen LogP contribution is 2.15. The van der Waals surface area contributed by atoms with Crippen LogP contribution in [0.5, 0.6) is 0 Å². The van der Waals surface area contributed by atoms with Gasteiger partial charge < -0.3 is 15.5 Å². The van der Waals surface area contributed by atoms with Crippen LogP contribution in [0.3, 0.4) is 0 Å². The van der Waals surface area contributed by atoms with Crippen LogP contribution < -0.4 is 5.32 Å². The SMILES string of the molecule is CC/C=C\C/C=C\C/C=C\C/C=C\CCCCCCCCCCCCCCCCCCCCC(=O)NC(CO)C(O)/C=C/CC/C=C/CC/C=C/CC. The molecule has 0 aliphatic heterocycles. The third kappa shape index (κ3) is 40.6. The van der Waals surface area contributed by atoms with Crippen molar-refractivity contribution in [3.05, 3.63) is 85.1 Å². The fourth-order valence-electron chi connectivity index (χ4n) is 6.27. The Hall–Kier alpha value is -2.43. The van der Waals surface area contributed by atoms with Gasteiger partial charge in [0.05, 0.1) is 18.8 Å². The summed E-state index contributed by atoms with van der Waals surface area (Å²) in [4.78, 5) is 12.3. The van der Waals surface area contributed by atoms with Crippen LogP contribution in [0.4, 0.5) is 0 Å². The maximum absolute atomic E-state index is 12.3. The van der Waals surface area contributed by atoms with Crippen LogP contribution in [-0.2, 0) is 4.79 Å². The van der Waals surface area contributed by atoms with Crippen molar-refractivity contribution < 1.29 is 15.0 Å². The molecule has 0 radical (unpaired) electrons. The molecule has 1 amide bonds. The molecule has 0 aromatic rings. The third-order valence-electron chi connectivity index (χ3n) is 9.60. The lowest BCUT2D eigenvalue weighted by molar-refractivity contribution is -0.123. The van der Waals surface area contributed by atoms with Crippen molar-refractivity contribution >= 4 is 5.91 Å². The highest BCUT2D eigenvalue weighted by Gasteiger charge is 2.17. The number of carbonyl (C=O) groups excluding carboxylic acids is 1. The molecule has 0 rings (SSSR count). The Morgan fingerprint density at radius 1 is 0.453 bits per heavy atom. The maximum atomic E-state index is 12.3. The molecule has 4 heteroatoms. The molecule has 53 heavy (non-hydrogen) atoms. The molecular weight excluding hydrogens is 651 g/mol. The molecule has 304 valence electrons. The number of aliphatic hydroxyl groups is 2. The maximum Gasteiger partial charge on any atom is 0.220 e. The first-order chi connectivity index (χ1) is 26.2. The second-order valence-corrected chi connectivity index (χ2v) is 14.7. The number of nitrogens with one attached hydrogen (secondary N) is 1. The van der Waals surface area contributed by atoms with Gasteiger partial charge in [-0.15, -0.1) is 0 Å². The lowest BCUT2D eigenvalue weighted by Crippen LogP contribution is -2.45. The minimum Gasteiger partial charge on any atom is -0.394 e. The largest absolute Gasteiger partial charge is 0.394 e. The third-order valence-corrected chi connectivity index (χ3v) is 9.60. The number of amides is 1. The van der Waals surface area contributed by atoms with Gasteiger partial charge in [-0.3, -0.25) is 4.79 Å². The first-order valence-electron chi connectivity index (χ1n) is 22.3. The van der Waals surface area contributed by atoms with E-state index >= 15 is 0 Å². The quantitative estimate of drug-likeness (QED) is 0.0435. The van der Waals surface area contributed by atoms with E-state index in [4.69, 9.17) is 0 Å². The normalized spacial score (nSPS) is 13.8. The second kappa shape index (κ2) is 44.0. The van der Waals surface area contributed by atoms with Crippen LogP contribution in [0, 0.1) is 0 Å². The van der Waals surface area contributed by atoms with E-state index in [0.717, 1.165) is 70.6 Å². The Labute approximate surface area is 329 Å². The smallest absolute Gasteiger partial charge is 0.220 e. The number of unbranched alkanes of at least 4 members (excludes halogenated alkanes) is 20. The Morgan fingerprint density at radius 2 is 0.792 bits per heavy atom. The monoisotopic (exact) mass is 736 g/mol. The van der Waals surface area contributed by atoms with Gasteiger partial charge >= 0.3 is 0 Å². The molecule has 0 saturated heterocycles. The van der Waals surface area contributed by atoms with Crippen LogP contribution in [0.1, 0.15) is 200 Å². The number of rotatable bonds is 39. The average Bonchev–Trinajstić information content (AvgIpc) is 3.16. The van der Waals surface area contributed by atoms with E-state index < -0.39 is 12.1 Å². The van der Waals surface area contributed by atoms with Gasteiger partial charge in [-0.05, 0) is 77.0 Å². The van der Waals surface area contributed by atoms with Crippen molar-refractivity contribution in [3.8, 4) is 0 Å². The van der Waals surface area contributed by atoms with Crippen LogP contribution >= 0.6 is 0 Å². The lowest BCUT2D eigenvalue weighted by atomic mass is 10.0. The zero-order valence-corrected chi connectivity index (χ0v) is 34.8. The minimum absolute atomic E-state index is 0.0826. The molecular formula is C49H85NO3. The number of allylic oxidation sites excluding steroid dienone is 13. The van der Waals surface area contributed by atoms with E-state index in [1.54, 1.807) is 6.08 Å². The van der Waals surface area contributed by atoms with Crippen molar-refractivity contribution in [2.45, 2.75) is 212 Å². The Bertz CT molecular complexity index is 972. The lowest BCUT2D eigenvalue weighted by Gasteiger charge is -2.19.